The first-order valence-electron chi connectivity index (χ1n) is 4.31. The second kappa shape index (κ2) is 4.40. The van der Waals surface area contributed by atoms with E-state index in [4.69, 9.17) is 11.6 Å². The van der Waals surface area contributed by atoms with Gasteiger partial charge in [0.2, 0.25) is 0 Å². The Morgan fingerprint density at radius 3 is 2.46 bits per heavy atom. The van der Waals surface area contributed by atoms with Crippen LogP contribution in [0.4, 0.5) is 0 Å². The quantitative estimate of drug-likeness (QED) is 0.848. The lowest BCUT2D eigenvalue weighted by molar-refractivity contribution is 0.0918. The highest BCUT2D eigenvalue weighted by atomic mass is 35.5. The average molecular weight is 220 g/mol. The maximum atomic E-state index is 9.86. The van der Waals surface area contributed by atoms with Crippen LogP contribution >= 0.6 is 22.9 Å². The number of thiazole rings is 1. The van der Waals surface area contributed by atoms with E-state index in [-0.39, 0.29) is 5.92 Å². The summed E-state index contributed by atoms with van der Waals surface area (Å²) in [7, 11) is 0. The topological polar surface area (TPSA) is 33.1 Å². The highest BCUT2D eigenvalue weighted by Crippen LogP contribution is 2.31. The number of aliphatic hydroxyl groups is 1. The van der Waals surface area contributed by atoms with E-state index < -0.39 is 6.10 Å². The van der Waals surface area contributed by atoms with E-state index in [9.17, 15) is 5.11 Å². The molecular weight excluding hydrogens is 206 g/mol. The van der Waals surface area contributed by atoms with Crippen molar-refractivity contribution in [1.82, 2.24) is 4.98 Å². The second-order valence-electron chi connectivity index (χ2n) is 3.55. The number of rotatable bonds is 3. The number of nitrogens with zero attached hydrogens (tertiary/aromatic N) is 1. The Kier molecular flexibility index (Phi) is 3.71. The molecule has 1 heterocycles. The molecule has 2 unspecified atom stereocenters. The Labute approximate surface area is 87.6 Å². The van der Waals surface area contributed by atoms with Crippen molar-refractivity contribution in [2.24, 2.45) is 11.8 Å². The van der Waals surface area contributed by atoms with Crippen LogP contribution in [0.3, 0.4) is 0 Å². The molecule has 0 amide bonds. The summed E-state index contributed by atoms with van der Waals surface area (Å²) in [5.74, 6) is 0.653. The molecule has 2 atom stereocenters. The van der Waals surface area contributed by atoms with Crippen LogP contribution in [0.2, 0.25) is 4.34 Å². The Balaban J connectivity index is 2.73. The van der Waals surface area contributed by atoms with Crippen LogP contribution in [0.1, 0.15) is 31.9 Å². The predicted octanol–water partition coefficient (Wildman–Crippen LogP) is 3.12. The maximum absolute atomic E-state index is 9.86. The van der Waals surface area contributed by atoms with E-state index in [2.05, 4.69) is 18.8 Å². The summed E-state index contributed by atoms with van der Waals surface area (Å²) in [4.78, 5) is 4.06. The van der Waals surface area contributed by atoms with E-state index in [1.807, 2.05) is 6.92 Å². The largest absolute Gasteiger partial charge is 0.386 e. The molecule has 1 aromatic rings. The predicted molar refractivity (Wildman–Crippen MR) is 56.1 cm³/mol. The van der Waals surface area contributed by atoms with Gasteiger partial charge < -0.3 is 5.11 Å². The molecule has 0 fully saturated rings. The first-order valence-corrected chi connectivity index (χ1v) is 5.51. The van der Waals surface area contributed by atoms with Crippen LogP contribution in [-0.2, 0) is 0 Å². The minimum Gasteiger partial charge on any atom is -0.386 e. The third-order valence-corrected chi connectivity index (χ3v) is 3.48. The fourth-order valence-corrected chi connectivity index (χ4v) is 2.03. The molecule has 0 aliphatic rings. The van der Waals surface area contributed by atoms with E-state index in [1.54, 1.807) is 6.20 Å². The van der Waals surface area contributed by atoms with Gasteiger partial charge in [0.1, 0.15) is 15.4 Å². The smallest absolute Gasteiger partial charge is 0.123 e. The molecule has 1 N–H and O–H groups in total. The molecule has 0 saturated heterocycles. The number of aliphatic hydroxyl groups excluding tert-OH is 1. The van der Waals surface area contributed by atoms with Gasteiger partial charge in [0.05, 0.1) is 6.20 Å². The van der Waals surface area contributed by atoms with Gasteiger partial charge in [-0.05, 0) is 11.8 Å². The van der Waals surface area contributed by atoms with Gasteiger partial charge in [-0.3, -0.25) is 0 Å². The lowest BCUT2D eigenvalue weighted by atomic mass is 9.93. The number of hydrogen-bond acceptors (Lipinski definition) is 3. The minimum absolute atomic E-state index is 0.210. The highest BCUT2D eigenvalue weighted by Gasteiger charge is 2.21. The van der Waals surface area contributed by atoms with Crippen molar-refractivity contribution in [2.45, 2.75) is 26.9 Å². The molecule has 13 heavy (non-hydrogen) atoms. The Bertz CT molecular complexity index is 274. The first-order chi connectivity index (χ1) is 6.02. The van der Waals surface area contributed by atoms with Crippen molar-refractivity contribution < 1.29 is 5.11 Å². The normalized spacial score (nSPS) is 16.2. The number of halogens is 1. The van der Waals surface area contributed by atoms with Crippen molar-refractivity contribution >= 4 is 22.9 Å². The van der Waals surface area contributed by atoms with Gasteiger partial charge in [-0.25, -0.2) is 4.98 Å². The Morgan fingerprint density at radius 1 is 1.46 bits per heavy atom. The fraction of sp³-hybridized carbons (Fsp3) is 0.667. The molecule has 0 radical (unpaired) electrons. The van der Waals surface area contributed by atoms with Crippen molar-refractivity contribution in [1.29, 1.82) is 0 Å². The molecule has 4 heteroatoms. The molecule has 74 valence electrons. The van der Waals surface area contributed by atoms with Crippen LogP contribution in [0.15, 0.2) is 6.20 Å². The van der Waals surface area contributed by atoms with Gasteiger partial charge in [-0.1, -0.05) is 32.4 Å². The van der Waals surface area contributed by atoms with Crippen molar-refractivity contribution in [3.05, 3.63) is 15.5 Å². The molecule has 1 rings (SSSR count). The van der Waals surface area contributed by atoms with Crippen LogP contribution in [0.5, 0.6) is 0 Å². The molecule has 2 nitrogen and oxygen atoms in total. The van der Waals surface area contributed by atoms with Gasteiger partial charge in [0.15, 0.2) is 0 Å². The number of hydrogen-bond donors (Lipinski definition) is 1. The molecule has 0 aliphatic heterocycles. The Morgan fingerprint density at radius 2 is 2.08 bits per heavy atom. The lowest BCUT2D eigenvalue weighted by Gasteiger charge is -2.19. The van der Waals surface area contributed by atoms with Gasteiger partial charge >= 0.3 is 0 Å². The Hall–Kier alpha value is -0.120. The third-order valence-electron chi connectivity index (χ3n) is 2.30. The monoisotopic (exact) mass is 219 g/mol. The van der Waals surface area contributed by atoms with Crippen LogP contribution < -0.4 is 0 Å². The second-order valence-corrected chi connectivity index (χ2v) is 5.24. The zero-order valence-electron chi connectivity index (χ0n) is 7.99. The summed E-state index contributed by atoms with van der Waals surface area (Å²) in [6, 6.07) is 0. The van der Waals surface area contributed by atoms with E-state index in [1.165, 1.54) is 11.3 Å². The molecule has 0 saturated carbocycles. The van der Waals surface area contributed by atoms with Crippen molar-refractivity contribution in [3.8, 4) is 0 Å². The van der Waals surface area contributed by atoms with Gasteiger partial charge in [0, 0.05) is 0 Å². The van der Waals surface area contributed by atoms with Gasteiger partial charge in [-0.2, -0.15) is 0 Å². The summed E-state index contributed by atoms with van der Waals surface area (Å²) in [6.07, 6.45) is 1.09. The first kappa shape index (κ1) is 11.0. The molecule has 1 aromatic heterocycles. The SMILES string of the molecule is CC(C)C(C)C(O)c1ncc(Cl)s1. The van der Waals surface area contributed by atoms with Crippen molar-refractivity contribution in [2.75, 3.05) is 0 Å². The highest BCUT2D eigenvalue weighted by molar-refractivity contribution is 7.15. The van der Waals surface area contributed by atoms with Crippen molar-refractivity contribution in [3.63, 3.8) is 0 Å². The lowest BCUT2D eigenvalue weighted by Crippen LogP contribution is -2.14. The van der Waals surface area contributed by atoms with Gasteiger partial charge in [-0.15, -0.1) is 11.3 Å². The summed E-state index contributed by atoms with van der Waals surface area (Å²) in [5.41, 5.74) is 0. The van der Waals surface area contributed by atoms with E-state index >= 15 is 0 Å². The van der Waals surface area contributed by atoms with Crippen LogP contribution in [-0.4, -0.2) is 10.1 Å². The zero-order chi connectivity index (χ0) is 10.0. The molecule has 0 aromatic carbocycles. The zero-order valence-corrected chi connectivity index (χ0v) is 9.56. The fourth-order valence-electron chi connectivity index (χ4n) is 0.993. The van der Waals surface area contributed by atoms with Crippen LogP contribution in [0.25, 0.3) is 0 Å². The number of aromatic nitrogens is 1. The van der Waals surface area contributed by atoms with E-state index in [0.717, 1.165) is 0 Å². The third kappa shape index (κ3) is 2.66. The van der Waals surface area contributed by atoms with Crippen LogP contribution in [0, 0.1) is 11.8 Å². The molecule has 0 bridgehead atoms. The molecule has 0 aliphatic carbocycles. The average Bonchev–Trinajstić information content (AvgIpc) is 2.49. The summed E-state index contributed by atoms with van der Waals surface area (Å²) in [6.45, 7) is 6.19. The van der Waals surface area contributed by atoms with Gasteiger partial charge in [0.25, 0.3) is 0 Å². The maximum Gasteiger partial charge on any atom is 0.123 e. The summed E-state index contributed by atoms with van der Waals surface area (Å²) < 4.78 is 0.630. The summed E-state index contributed by atoms with van der Waals surface area (Å²) >= 11 is 7.08. The summed E-state index contributed by atoms with van der Waals surface area (Å²) in [5, 5.41) is 10.6. The molecular formula is C9H14ClNOS. The molecule has 0 spiro atoms. The standard InChI is InChI=1S/C9H14ClNOS/c1-5(2)6(3)8(12)9-11-4-7(10)13-9/h4-6,8,12H,1-3H3. The minimum atomic E-state index is -0.488. The van der Waals surface area contributed by atoms with E-state index in [0.29, 0.717) is 15.3 Å².